The van der Waals surface area contributed by atoms with E-state index in [-0.39, 0.29) is 11.9 Å². The summed E-state index contributed by atoms with van der Waals surface area (Å²) in [4.78, 5) is 13.5. The molecule has 1 spiro atoms. The number of carbonyl (C=O) groups is 1. The molecule has 1 amide bonds. The van der Waals surface area contributed by atoms with E-state index in [2.05, 4.69) is 24.4 Å². The van der Waals surface area contributed by atoms with Gasteiger partial charge in [-0.15, -0.1) is 0 Å². The number of nitrogens with one attached hydrogen (secondary N) is 1. The SMILES string of the molecule is CCc1ccc2c(c1)C1(Oc3ccccc3C3CC(c4ccc(Cl)cc4)=NN31)C(=O)N2. The van der Waals surface area contributed by atoms with Crippen molar-refractivity contribution in [2.75, 3.05) is 5.32 Å². The van der Waals surface area contributed by atoms with E-state index < -0.39 is 5.72 Å². The van der Waals surface area contributed by atoms with Gasteiger partial charge in [-0.3, -0.25) is 4.79 Å². The van der Waals surface area contributed by atoms with Crippen molar-refractivity contribution in [3.8, 4) is 5.75 Å². The maximum absolute atomic E-state index is 13.5. The molecule has 6 heteroatoms. The second-order valence-corrected chi connectivity index (χ2v) is 8.53. The second-order valence-electron chi connectivity index (χ2n) is 8.09. The molecule has 1 N–H and O–H groups in total. The lowest BCUT2D eigenvalue weighted by molar-refractivity contribution is -0.161. The molecule has 2 unspecified atom stereocenters. The number of benzene rings is 3. The van der Waals surface area contributed by atoms with E-state index >= 15 is 0 Å². The van der Waals surface area contributed by atoms with Crippen LogP contribution in [0.15, 0.2) is 71.8 Å². The molecule has 31 heavy (non-hydrogen) atoms. The van der Waals surface area contributed by atoms with E-state index in [0.29, 0.717) is 11.4 Å². The van der Waals surface area contributed by atoms with Gasteiger partial charge >= 0.3 is 5.72 Å². The van der Waals surface area contributed by atoms with Gasteiger partial charge in [-0.05, 0) is 47.9 Å². The van der Waals surface area contributed by atoms with Crippen molar-refractivity contribution >= 4 is 28.9 Å². The monoisotopic (exact) mass is 429 g/mol. The quantitative estimate of drug-likeness (QED) is 0.605. The minimum Gasteiger partial charge on any atom is -0.453 e. The molecule has 0 aromatic heterocycles. The lowest BCUT2D eigenvalue weighted by Gasteiger charge is -2.44. The molecule has 3 aliphatic heterocycles. The fraction of sp³-hybridized carbons (Fsp3) is 0.200. The minimum atomic E-state index is -1.33. The van der Waals surface area contributed by atoms with Gasteiger partial charge in [0, 0.05) is 17.0 Å². The highest BCUT2D eigenvalue weighted by molar-refractivity contribution is 6.30. The van der Waals surface area contributed by atoms with Crippen LogP contribution in [0.4, 0.5) is 5.69 Å². The van der Waals surface area contributed by atoms with Crippen molar-refractivity contribution in [1.29, 1.82) is 0 Å². The maximum Gasteiger partial charge on any atom is 0.306 e. The standard InChI is InChI=1S/C25H20ClN3O2/c1-2-15-7-12-20-19(13-15)25(24(30)27-20)29-22(18-5-3-4-6-23(18)31-25)14-21(28-29)16-8-10-17(26)11-9-16/h3-13,22H,2,14H2,1H3,(H,27,30). The van der Waals surface area contributed by atoms with Gasteiger partial charge in [-0.2, -0.15) is 5.10 Å². The predicted molar refractivity (Wildman–Crippen MR) is 120 cm³/mol. The number of amides is 1. The molecule has 0 aliphatic carbocycles. The van der Waals surface area contributed by atoms with Crippen molar-refractivity contribution < 1.29 is 9.53 Å². The zero-order chi connectivity index (χ0) is 21.2. The van der Waals surface area contributed by atoms with E-state index in [1.165, 1.54) is 0 Å². The fourth-order valence-corrected chi connectivity index (χ4v) is 4.90. The maximum atomic E-state index is 13.5. The third-order valence-electron chi connectivity index (χ3n) is 6.36. The van der Waals surface area contributed by atoms with Crippen LogP contribution in [0.2, 0.25) is 5.02 Å². The van der Waals surface area contributed by atoms with Crippen LogP contribution in [0, 0.1) is 0 Å². The Bertz CT molecular complexity index is 1250. The van der Waals surface area contributed by atoms with Gasteiger partial charge in [0.15, 0.2) is 0 Å². The predicted octanol–water partition coefficient (Wildman–Crippen LogP) is 5.25. The number of aryl methyl sites for hydroxylation is 1. The summed E-state index contributed by atoms with van der Waals surface area (Å²) in [5.74, 6) is 0.512. The zero-order valence-electron chi connectivity index (χ0n) is 16.9. The van der Waals surface area contributed by atoms with Gasteiger partial charge in [0.1, 0.15) is 5.75 Å². The van der Waals surface area contributed by atoms with E-state index in [0.717, 1.165) is 45.8 Å². The molecular formula is C25H20ClN3O2. The van der Waals surface area contributed by atoms with Gasteiger partial charge in [0.2, 0.25) is 0 Å². The lowest BCUT2D eigenvalue weighted by atomic mass is 9.91. The number of hydrazone groups is 1. The minimum absolute atomic E-state index is 0.0994. The third-order valence-corrected chi connectivity index (χ3v) is 6.61. The highest BCUT2D eigenvalue weighted by atomic mass is 35.5. The number of anilines is 1. The van der Waals surface area contributed by atoms with Crippen LogP contribution >= 0.6 is 11.6 Å². The Kier molecular flexibility index (Phi) is 3.93. The smallest absolute Gasteiger partial charge is 0.306 e. The molecule has 0 radical (unpaired) electrons. The first kappa shape index (κ1) is 18.5. The summed E-state index contributed by atoms with van der Waals surface area (Å²) in [6.45, 7) is 2.10. The van der Waals surface area contributed by atoms with Crippen LogP contribution < -0.4 is 10.1 Å². The van der Waals surface area contributed by atoms with Crippen molar-refractivity contribution in [2.24, 2.45) is 5.10 Å². The summed E-state index contributed by atoms with van der Waals surface area (Å²) in [6, 6.07) is 21.5. The van der Waals surface area contributed by atoms with Gasteiger partial charge in [0.25, 0.3) is 5.91 Å². The Hall–Kier alpha value is -3.31. The van der Waals surface area contributed by atoms with Gasteiger partial charge in [0.05, 0.1) is 23.0 Å². The van der Waals surface area contributed by atoms with Crippen LogP contribution in [-0.2, 0) is 16.9 Å². The number of rotatable bonds is 2. The molecule has 2 atom stereocenters. The molecule has 5 nitrogen and oxygen atoms in total. The molecule has 0 saturated heterocycles. The molecule has 0 bridgehead atoms. The van der Waals surface area contributed by atoms with Crippen LogP contribution in [0.5, 0.6) is 5.75 Å². The van der Waals surface area contributed by atoms with Crippen LogP contribution in [-0.4, -0.2) is 16.6 Å². The van der Waals surface area contributed by atoms with Gasteiger partial charge in [-0.25, -0.2) is 5.01 Å². The molecule has 154 valence electrons. The lowest BCUT2D eigenvalue weighted by Crippen LogP contribution is -2.55. The molecular weight excluding hydrogens is 410 g/mol. The number of hydrogen-bond donors (Lipinski definition) is 1. The van der Waals surface area contributed by atoms with Crippen molar-refractivity contribution in [3.05, 3.63) is 94.0 Å². The molecule has 6 rings (SSSR count). The van der Waals surface area contributed by atoms with Crippen LogP contribution in [0.3, 0.4) is 0 Å². The average molecular weight is 430 g/mol. The first-order valence-electron chi connectivity index (χ1n) is 10.5. The molecule has 3 aromatic carbocycles. The Morgan fingerprint density at radius 1 is 1.16 bits per heavy atom. The molecule has 0 fully saturated rings. The number of ether oxygens (including phenoxy) is 1. The number of para-hydroxylation sites is 1. The Labute approximate surface area is 185 Å². The number of nitrogens with zero attached hydrogens (tertiary/aromatic N) is 2. The van der Waals surface area contributed by atoms with Crippen LogP contribution in [0.1, 0.15) is 41.6 Å². The molecule has 3 aliphatic rings. The molecule has 3 heterocycles. The Morgan fingerprint density at radius 2 is 1.97 bits per heavy atom. The fourth-order valence-electron chi connectivity index (χ4n) is 4.77. The highest BCUT2D eigenvalue weighted by Gasteiger charge is 2.60. The number of fused-ring (bicyclic) bond motifs is 6. The number of halogens is 1. The second kappa shape index (κ2) is 6.59. The topological polar surface area (TPSA) is 53.9 Å². The van der Waals surface area contributed by atoms with Crippen molar-refractivity contribution in [1.82, 2.24) is 5.01 Å². The summed E-state index contributed by atoms with van der Waals surface area (Å²) >= 11 is 6.09. The van der Waals surface area contributed by atoms with E-state index in [9.17, 15) is 4.79 Å². The highest BCUT2D eigenvalue weighted by Crippen LogP contribution is 2.54. The van der Waals surface area contributed by atoms with E-state index in [1.807, 2.05) is 59.6 Å². The number of hydrogen-bond acceptors (Lipinski definition) is 4. The summed E-state index contributed by atoms with van der Waals surface area (Å²) < 4.78 is 6.52. The van der Waals surface area contributed by atoms with Gasteiger partial charge in [-0.1, -0.05) is 54.9 Å². The van der Waals surface area contributed by atoms with Crippen LogP contribution in [0.25, 0.3) is 0 Å². The number of carbonyl (C=O) groups excluding carboxylic acids is 1. The first-order chi connectivity index (χ1) is 15.1. The third kappa shape index (κ3) is 2.56. The zero-order valence-corrected chi connectivity index (χ0v) is 17.7. The average Bonchev–Trinajstić information content (AvgIpc) is 3.35. The summed E-state index contributed by atoms with van der Waals surface area (Å²) in [5.41, 5.74) is 4.35. The molecule has 3 aromatic rings. The summed E-state index contributed by atoms with van der Waals surface area (Å²) in [5, 5.41) is 10.5. The van der Waals surface area contributed by atoms with Crippen molar-refractivity contribution in [2.45, 2.75) is 31.5 Å². The normalized spacial score (nSPS) is 23.0. The van der Waals surface area contributed by atoms with E-state index in [1.54, 1.807) is 0 Å². The summed E-state index contributed by atoms with van der Waals surface area (Å²) in [7, 11) is 0. The van der Waals surface area contributed by atoms with E-state index in [4.69, 9.17) is 21.4 Å². The Balaban J connectivity index is 1.56. The first-order valence-corrected chi connectivity index (χ1v) is 10.8. The Morgan fingerprint density at radius 3 is 2.77 bits per heavy atom. The van der Waals surface area contributed by atoms with Crippen molar-refractivity contribution in [3.63, 3.8) is 0 Å². The summed E-state index contributed by atoms with van der Waals surface area (Å²) in [6.07, 6.45) is 1.55. The largest absolute Gasteiger partial charge is 0.453 e. The van der Waals surface area contributed by atoms with Gasteiger partial charge < -0.3 is 10.1 Å². The molecule has 0 saturated carbocycles.